The number of hydrogen-bond donors (Lipinski definition) is 1. The van der Waals surface area contributed by atoms with Crippen LogP contribution in [-0.2, 0) is 15.0 Å². The van der Waals surface area contributed by atoms with Gasteiger partial charge in [0.25, 0.3) is 10.2 Å². The van der Waals surface area contributed by atoms with Gasteiger partial charge >= 0.3 is 5.97 Å². The first-order chi connectivity index (χ1) is 8.93. The monoisotopic (exact) mass is 290 g/mol. The summed E-state index contributed by atoms with van der Waals surface area (Å²) in [7, 11) is -3.50. The largest absolute Gasteiger partial charge is 0.481 e. The van der Waals surface area contributed by atoms with Gasteiger partial charge in [0.05, 0.1) is 5.92 Å². The Morgan fingerprint density at radius 2 is 1.79 bits per heavy atom. The lowest BCUT2D eigenvalue weighted by molar-refractivity contribution is -0.143. The summed E-state index contributed by atoms with van der Waals surface area (Å²) in [5.41, 5.74) is 0. The minimum atomic E-state index is -3.50. The van der Waals surface area contributed by atoms with E-state index >= 15 is 0 Å². The number of aliphatic carboxylic acids is 1. The van der Waals surface area contributed by atoms with Gasteiger partial charge in [0.15, 0.2) is 0 Å². The average Bonchev–Trinajstić information content (AvgIpc) is 2.39. The number of carboxylic acids is 1. The summed E-state index contributed by atoms with van der Waals surface area (Å²) in [5, 5.41) is 9.08. The molecule has 2 atom stereocenters. The van der Waals surface area contributed by atoms with Crippen molar-refractivity contribution >= 4 is 16.2 Å². The van der Waals surface area contributed by atoms with E-state index in [-0.39, 0.29) is 12.6 Å². The Balaban J connectivity index is 2.14. The topological polar surface area (TPSA) is 77.9 Å². The zero-order valence-electron chi connectivity index (χ0n) is 11.3. The van der Waals surface area contributed by atoms with Crippen LogP contribution in [0.15, 0.2) is 0 Å². The van der Waals surface area contributed by atoms with Crippen LogP contribution in [-0.4, -0.2) is 53.8 Å². The van der Waals surface area contributed by atoms with Gasteiger partial charge in [0.2, 0.25) is 0 Å². The minimum absolute atomic E-state index is 0.106. The summed E-state index contributed by atoms with van der Waals surface area (Å²) in [6.07, 6.45) is 4.03. The Hall–Kier alpha value is -0.660. The van der Waals surface area contributed by atoms with E-state index in [9.17, 15) is 13.2 Å². The van der Waals surface area contributed by atoms with Crippen molar-refractivity contribution in [3.63, 3.8) is 0 Å². The van der Waals surface area contributed by atoms with Crippen LogP contribution < -0.4 is 0 Å². The molecule has 0 spiro atoms. The summed E-state index contributed by atoms with van der Waals surface area (Å²) in [4.78, 5) is 11.1. The molecular weight excluding hydrogens is 268 g/mol. The number of rotatable bonds is 3. The first-order valence-corrected chi connectivity index (χ1v) is 8.32. The third-order valence-electron chi connectivity index (χ3n) is 4.11. The highest BCUT2D eigenvalue weighted by Gasteiger charge is 2.39. The van der Waals surface area contributed by atoms with Crippen LogP contribution in [0.4, 0.5) is 0 Å². The van der Waals surface area contributed by atoms with Gasteiger partial charge in [-0.25, -0.2) is 0 Å². The molecule has 7 heteroatoms. The number of hydrogen-bond acceptors (Lipinski definition) is 3. The molecule has 0 saturated carbocycles. The van der Waals surface area contributed by atoms with Crippen molar-refractivity contribution in [1.29, 1.82) is 0 Å². The normalized spacial score (nSPS) is 31.2. The van der Waals surface area contributed by atoms with Crippen LogP contribution in [0.5, 0.6) is 0 Å². The maximum Gasteiger partial charge on any atom is 0.307 e. The van der Waals surface area contributed by atoms with Gasteiger partial charge in [0, 0.05) is 25.7 Å². The molecule has 0 aromatic carbocycles. The Kier molecular flexibility index (Phi) is 4.47. The SMILES string of the molecule is CC1CCC(C(=O)O)CN1S(=O)(=O)N1CCCCC1. The molecule has 2 fully saturated rings. The van der Waals surface area contributed by atoms with Crippen LogP contribution in [0.3, 0.4) is 0 Å². The van der Waals surface area contributed by atoms with Gasteiger partial charge < -0.3 is 5.11 Å². The number of piperidine rings is 2. The molecule has 19 heavy (non-hydrogen) atoms. The molecule has 110 valence electrons. The van der Waals surface area contributed by atoms with E-state index < -0.39 is 22.1 Å². The van der Waals surface area contributed by atoms with Gasteiger partial charge in [-0.3, -0.25) is 4.79 Å². The van der Waals surface area contributed by atoms with E-state index in [1.165, 1.54) is 8.61 Å². The summed E-state index contributed by atoms with van der Waals surface area (Å²) in [6, 6.07) is -0.109. The third-order valence-corrected chi connectivity index (χ3v) is 6.23. The molecule has 2 heterocycles. The molecule has 0 bridgehead atoms. The predicted octanol–water partition coefficient (Wildman–Crippen LogP) is 0.902. The van der Waals surface area contributed by atoms with Gasteiger partial charge in [-0.05, 0) is 32.6 Å². The van der Waals surface area contributed by atoms with Crippen molar-refractivity contribution in [1.82, 2.24) is 8.61 Å². The van der Waals surface area contributed by atoms with Crippen LogP contribution >= 0.6 is 0 Å². The van der Waals surface area contributed by atoms with Crippen LogP contribution in [0.1, 0.15) is 39.0 Å². The Morgan fingerprint density at radius 3 is 2.37 bits per heavy atom. The second-order valence-corrected chi connectivity index (χ2v) is 7.38. The summed E-state index contributed by atoms with van der Waals surface area (Å²) < 4.78 is 28.1. The molecule has 6 nitrogen and oxygen atoms in total. The molecular formula is C12H22N2O4S. The van der Waals surface area contributed by atoms with Crippen LogP contribution in [0.2, 0.25) is 0 Å². The van der Waals surface area contributed by atoms with Crippen LogP contribution in [0, 0.1) is 5.92 Å². The lowest BCUT2D eigenvalue weighted by atomic mass is 9.96. The van der Waals surface area contributed by atoms with Gasteiger partial charge in [-0.1, -0.05) is 6.42 Å². The Bertz CT molecular complexity index is 431. The molecule has 2 aliphatic rings. The van der Waals surface area contributed by atoms with E-state index in [0.717, 1.165) is 19.3 Å². The fourth-order valence-corrected chi connectivity index (χ4v) is 4.79. The molecule has 0 amide bonds. The van der Waals surface area contributed by atoms with Gasteiger partial charge in [0.1, 0.15) is 0 Å². The first kappa shape index (κ1) is 14.7. The summed E-state index contributed by atoms with van der Waals surface area (Å²) in [6.45, 7) is 3.08. The fraction of sp³-hybridized carbons (Fsp3) is 0.917. The highest BCUT2D eigenvalue weighted by atomic mass is 32.2. The van der Waals surface area contributed by atoms with Crippen molar-refractivity contribution < 1.29 is 18.3 Å². The van der Waals surface area contributed by atoms with Crippen molar-refractivity contribution in [3.05, 3.63) is 0 Å². The van der Waals surface area contributed by atoms with E-state index in [1.54, 1.807) is 0 Å². The highest BCUT2D eigenvalue weighted by molar-refractivity contribution is 7.86. The van der Waals surface area contributed by atoms with Crippen LogP contribution in [0.25, 0.3) is 0 Å². The second-order valence-electron chi connectivity index (χ2n) is 5.50. The second kappa shape index (κ2) is 5.76. The standard InChI is InChI=1S/C12H22N2O4S/c1-10-5-6-11(12(15)16)9-14(10)19(17,18)13-7-3-2-4-8-13/h10-11H,2-9H2,1H3,(H,15,16). The molecule has 0 aromatic heterocycles. The smallest absolute Gasteiger partial charge is 0.307 e. The number of nitrogens with zero attached hydrogens (tertiary/aromatic N) is 2. The van der Waals surface area contributed by atoms with E-state index in [4.69, 9.17) is 5.11 Å². The first-order valence-electron chi connectivity index (χ1n) is 6.92. The van der Waals surface area contributed by atoms with Gasteiger partial charge in [-0.15, -0.1) is 0 Å². The molecule has 0 aromatic rings. The molecule has 2 unspecified atom stereocenters. The Morgan fingerprint density at radius 1 is 1.16 bits per heavy atom. The molecule has 2 saturated heterocycles. The summed E-state index contributed by atoms with van der Waals surface area (Å²) >= 11 is 0. The fourth-order valence-electron chi connectivity index (χ4n) is 2.84. The van der Waals surface area contributed by atoms with E-state index in [0.29, 0.717) is 25.9 Å². The van der Waals surface area contributed by atoms with Crippen molar-refractivity contribution in [3.8, 4) is 0 Å². The quantitative estimate of drug-likeness (QED) is 0.838. The summed E-state index contributed by atoms with van der Waals surface area (Å²) in [5.74, 6) is -1.47. The third kappa shape index (κ3) is 3.09. The van der Waals surface area contributed by atoms with Crippen molar-refractivity contribution in [2.24, 2.45) is 5.92 Å². The lowest BCUT2D eigenvalue weighted by Crippen LogP contribution is -2.53. The molecule has 1 N–H and O–H groups in total. The molecule has 2 aliphatic heterocycles. The number of carboxylic acid groups (broad SMARTS) is 1. The zero-order valence-corrected chi connectivity index (χ0v) is 12.1. The maximum absolute atomic E-state index is 12.6. The van der Waals surface area contributed by atoms with E-state index in [2.05, 4.69) is 0 Å². The average molecular weight is 290 g/mol. The maximum atomic E-state index is 12.6. The van der Waals surface area contributed by atoms with E-state index in [1.807, 2.05) is 6.92 Å². The van der Waals surface area contributed by atoms with Crippen molar-refractivity contribution in [2.45, 2.75) is 45.1 Å². The lowest BCUT2D eigenvalue weighted by Gasteiger charge is -2.39. The molecule has 0 radical (unpaired) electrons. The minimum Gasteiger partial charge on any atom is -0.481 e. The molecule has 0 aliphatic carbocycles. The van der Waals surface area contributed by atoms with Gasteiger partial charge in [-0.2, -0.15) is 17.0 Å². The highest BCUT2D eigenvalue weighted by Crippen LogP contribution is 2.27. The molecule has 2 rings (SSSR count). The van der Waals surface area contributed by atoms with Crippen molar-refractivity contribution in [2.75, 3.05) is 19.6 Å². The number of carbonyl (C=O) groups is 1. The predicted molar refractivity (Wildman–Crippen MR) is 70.9 cm³/mol. The zero-order chi connectivity index (χ0) is 14.0. The Labute approximate surface area is 114 Å².